The van der Waals surface area contributed by atoms with Gasteiger partial charge < -0.3 is 19.3 Å². The van der Waals surface area contributed by atoms with E-state index < -0.39 is 11.9 Å². The number of carbonyl (C=O) groups excluding carboxylic acids is 1. The van der Waals surface area contributed by atoms with Crippen molar-refractivity contribution in [1.82, 2.24) is 0 Å². The van der Waals surface area contributed by atoms with E-state index in [-0.39, 0.29) is 6.61 Å². The Bertz CT molecular complexity index is 547. The Morgan fingerprint density at radius 1 is 1.24 bits per heavy atom. The minimum atomic E-state index is -0.956. The Morgan fingerprint density at radius 2 is 1.95 bits per heavy atom. The minimum absolute atomic E-state index is 0.225. The number of aliphatic carboxylic acids is 1. The van der Waals surface area contributed by atoms with Gasteiger partial charge in [-0.25, -0.2) is 9.59 Å². The third-order valence-corrected chi connectivity index (χ3v) is 2.76. The van der Waals surface area contributed by atoms with Crippen molar-refractivity contribution in [3.05, 3.63) is 29.3 Å². The Morgan fingerprint density at radius 3 is 2.48 bits per heavy atom. The fourth-order valence-corrected chi connectivity index (χ4v) is 1.61. The van der Waals surface area contributed by atoms with Crippen LogP contribution in [0.2, 0.25) is 0 Å². The maximum Gasteiger partial charge on any atom is 0.343 e. The van der Waals surface area contributed by atoms with Gasteiger partial charge in [0.1, 0.15) is 0 Å². The highest BCUT2D eigenvalue weighted by Gasteiger charge is 2.10. The van der Waals surface area contributed by atoms with Gasteiger partial charge in [-0.15, -0.1) is 0 Å². The summed E-state index contributed by atoms with van der Waals surface area (Å²) in [4.78, 5) is 22.0. The number of rotatable bonds is 7. The minimum Gasteiger partial charge on any atom is -0.493 e. The van der Waals surface area contributed by atoms with Gasteiger partial charge in [0.15, 0.2) is 18.1 Å². The lowest BCUT2D eigenvalue weighted by atomic mass is 10.1. The van der Waals surface area contributed by atoms with Crippen LogP contribution in [-0.2, 0) is 14.3 Å². The topological polar surface area (TPSA) is 82.1 Å². The second kappa shape index (κ2) is 7.94. The van der Waals surface area contributed by atoms with Crippen molar-refractivity contribution < 1.29 is 28.9 Å². The van der Waals surface area contributed by atoms with E-state index >= 15 is 0 Å². The van der Waals surface area contributed by atoms with E-state index in [0.717, 1.165) is 0 Å². The summed E-state index contributed by atoms with van der Waals surface area (Å²) in [7, 11) is 2.74. The van der Waals surface area contributed by atoms with Crippen molar-refractivity contribution in [2.24, 2.45) is 0 Å². The monoisotopic (exact) mass is 294 g/mol. The molecule has 0 aliphatic heterocycles. The van der Waals surface area contributed by atoms with Crippen LogP contribution >= 0.6 is 0 Å². The molecule has 114 valence electrons. The van der Waals surface area contributed by atoms with Crippen LogP contribution in [0, 0.1) is 0 Å². The summed E-state index contributed by atoms with van der Waals surface area (Å²) in [6.45, 7) is 1.54. The lowest BCUT2D eigenvalue weighted by Gasteiger charge is -2.10. The molecule has 0 unspecified atom stereocenters. The Labute approximate surface area is 122 Å². The molecule has 1 aromatic rings. The predicted octanol–water partition coefficient (Wildman–Crippen LogP) is 2.12. The van der Waals surface area contributed by atoms with Gasteiger partial charge in [-0.05, 0) is 30.2 Å². The third-order valence-electron chi connectivity index (χ3n) is 2.76. The average molecular weight is 294 g/mol. The van der Waals surface area contributed by atoms with Crippen LogP contribution in [0.5, 0.6) is 11.5 Å². The van der Waals surface area contributed by atoms with Gasteiger partial charge in [-0.3, -0.25) is 0 Å². The van der Waals surface area contributed by atoms with Crippen molar-refractivity contribution in [3.8, 4) is 11.5 Å². The molecule has 6 nitrogen and oxygen atoms in total. The normalized spacial score (nSPS) is 10.9. The molecule has 0 heterocycles. The zero-order chi connectivity index (χ0) is 15.8. The van der Waals surface area contributed by atoms with Crippen LogP contribution in [-0.4, -0.2) is 37.9 Å². The number of esters is 1. The number of ether oxygens (including phenoxy) is 3. The number of hydrogen-bond acceptors (Lipinski definition) is 5. The lowest BCUT2D eigenvalue weighted by molar-refractivity contribution is -0.143. The molecular weight excluding hydrogens is 276 g/mol. The van der Waals surface area contributed by atoms with E-state index in [1.807, 2.05) is 0 Å². The predicted molar refractivity (Wildman–Crippen MR) is 76.4 cm³/mol. The number of hydrogen-bond donors (Lipinski definition) is 1. The third kappa shape index (κ3) is 4.83. The second-order valence-electron chi connectivity index (χ2n) is 4.10. The van der Waals surface area contributed by atoms with Crippen molar-refractivity contribution >= 4 is 18.0 Å². The van der Waals surface area contributed by atoms with E-state index in [9.17, 15) is 9.59 Å². The average Bonchev–Trinajstić information content (AvgIpc) is 2.50. The SMILES string of the molecule is CCC(=Cc1ccc(OCC(=O)OC)c(OC)c1)C(=O)O. The van der Waals surface area contributed by atoms with Gasteiger partial charge in [0.05, 0.1) is 14.2 Å². The van der Waals surface area contributed by atoms with E-state index in [1.165, 1.54) is 14.2 Å². The molecule has 0 saturated carbocycles. The lowest BCUT2D eigenvalue weighted by Crippen LogP contribution is -2.12. The van der Waals surface area contributed by atoms with Gasteiger partial charge in [0.25, 0.3) is 0 Å². The zero-order valence-electron chi connectivity index (χ0n) is 12.2. The fourth-order valence-electron chi connectivity index (χ4n) is 1.61. The summed E-state index contributed by atoms with van der Waals surface area (Å²) < 4.78 is 14.9. The molecular formula is C15H18O6. The molecule has 1 aromatic carbocycles. The standard InChI is InChI=1S/C15H18O6/c1-4-11(15(17)18)7-10-5-6-12(13(8-10)19-2)21-9-14(16)20-3/h5-8H,4,9H2,1-3H3,(H,17,18). The molecule has 0 aliphatic carbocycles. The van der Waals surface area contributed by atoms with Crippen molar-refractivity contribution in [1.29, 1.82) is 0 Å². The largest absolute Gasteiger partial charge is 0.493 e. The van der Waals surface area contributed by atoms with Gasteiger partial charge >= 0.3 is 11.9 Å². The highest BCUT2D eigenvalue weighted by atomic mass is 16.6. The molecule has 0 saturated heterocycles. The van der Waals surface area contributed by atoms with Crippen LogP contribution < -0.4 is 9.47 Å². The number of benzene rings is 1. The highest BCUT2D eigenvalue weighted by molar-refractivity contribution is 5.92. The van der Waals surface area contributed by atoms with Crippen molar-refractivity contribution in [3.63, 3.8) is 0 Å². The summed E-state index contributed by atoms with van der Waals surface area (Å²) >= 11 is 0. The maximum atomic E-state index is 11.0. The molecule has 0 radical (unpaired) electrons. The van der Waals surface area contributed by atoms with Crippen LogP contribution in [0.4, 0.5) is 0 Å². The summed E-state index contributed by atoms with van der Waals surface area (Å²) in [6.07, 6.45) is 1.98. The van der Waals surface area contributed by atoms with E-state index in [0.29, 0.717) is 29.1 Å². The smallest absolute Gasteiger partial charge is 0.343 e. The zero-order valence-corrected chi connectivity index (χ0v) is 12.2. The highest BCUT2D eigenvalue weighted by Crippen LogP contribution is 2.29. The summed E-state index contributed by atoms with van der Waals surface area (Å²) in [5.74, 6) is -0.662. The fraction of sp³-hybridized carbons (Fsp3) is 0.333. The summed E-state index contributed by atoms with van der Waals surface area (Å²) in [6, 6.07) is 4.95. The van der Waals surface area contributed by atoms with Crippen molar-refractivity contribution in [2.75, 3.05) is 20.8 Å². The molecule has 0 aliphatic rings. The number of methoxy groups -OCH3 is 2. The molecule has 0 amide bonds. The Hall–Kier alpha value is -2.50. The van der Waals surface area contributed by atoms with E-state index in [2.05, 4.69) is 4.74 Å². The van der Waals surface area contributed by atoms with Gasteiger partial charge in [-0.1, -0.05) is 13.0 Å². The second-order valence-corrected chi connectivity index (χ2v) is 4.10. The number of carboxylic acids is 1. The van der Waals surface area contributed by atoms with Crippen LogP contribution in [0.1, 0.15) is 18.9 Å². The van der Waals surface area contributed by atoms with E-state index in [4.69, 9.17) is 14.6 Å². The molecule has 1 N–H and O–H groups in total. The van der Waals surface area contributed by atoms with Gasteiger partial charge in [0, 0.05) is 5.57 Å². The first-order valence-corrected chi connectivity index (χ1v) is 6.33. The molecule has 21 heavy (non-hydrogen) atoms. The molecule has 0 fully saturated rings. The Kier molecular flexibility index (Phi) is 6.26. The first-order chi connectivity index (χ1) is 10.0. The van der Waals surface area contributed by atoms with E-state index in [1.54, 1.807) is 31.2 Å². The maximum absolute atomic E-state index is 11.0. The first-order valence-electron chi connectivity index (χ1n) is 6.33. The quantitative estimate of drug-likeness (QED) is 0.612. The van der Waals surface area contributed by atoms with Crippen LogP contribution in [0.25, 0.3) is 6.08 Å². The van der Waals surface area contributed by atoms with Gasteiger partial charge in [0.2, 0.25) is 0 Å². The molecule has 0 aromatic heterocycles. The first kappa shape index (κ1) is 16.6. The van der Waals surface area contributed by atoms with Crippen LogP contribution in [0.3, 0.4) is 0 Å². The van der Waals surface area contributed by atoms with Crippen LogP contribution in [0.15, 0.2) is 23.8 Å². The summed E-state index contributed by atoms with van der Waals surface area (Å²) in [5.41, 5.74) is 0.969. The molecule has 1 rings (SSSR count). The molecule has 0 spiro atoms. The molecule has 0 bridgehead atoms. The number of carbonyl (C=O) groups is 2. The summed E-state index contributed by atoms with van der Waals surface area (Å²) in [5, 5.41) is 9.01. The van der Waals surface area contributed by atoms with Gasteiger partial charge in [-0.2, -0.15) is 0 Å². The Balaban J connectivity index is 2.98. The van der Waals surface area contributed by atoms with Crippen molar-refractivity contribution in [2.45, 2.75) is 13.3 Å². The molecule has 6 heteroatoms. The molecule has 0 atom stereocenters. The number of carboxylic acid groups (broad SMARTS) is 1.